The lowest BCUT2D eigenvalue weighted by molar-refractivity contribution is 1.21. The molecular weight excluding hydrogens is 414 g/mol. The second-order valence-electron chi connectivity index (χ2n) is 8.25. The van der Waals surface area contributed by atoms with E-state index in [1.807, 2.05) is 36.4 Å². The van der Waals surface area contributed by atoms with Crippen LogP contribution < -0.4 is 15.5 Å². The Kier molecular flexibility index (Phi) is 6.00. The number of hydrogen-bond donors (Lipinski definition) is 1. The van der Waals surface area contributed by atoms with Gasteiger partial charge in [-0.15, -0.1) is 0 Å². The summed E-state index contributed by atoms with van der Waals surface area (Å²) in [5.41, 5.74) is 14.6. The second kappa shape index (κ2) is 9.55. The Hall–Kier alpha value is -4.50. The van der Waals surface area contributed by atoms with Crippen LogP contribution in [0, 0.1) is 0 Å². The molecule has 0 saturated carbocycles. The zero-order valence-corrected chi connectivity index (χ0v) is 19.2. The van der Waals surface area contributed by atoms with Gasteiger partial charge in [0.1, 0.15) is 0 Å². The highest BCUT2D eigenvalue weighted by Crippen LogP contribution is 2.35. The molecule has 0 saturated heterocycles. The molecule has 0 aromatic heterocycles. The van der Waals surface area contributed by atoms with Crippen molar-refractivity contribution in [2.75, 3.05) is 22.6 Å². The summed E-state index contributed by atoms with van der Waals surface area (Å²) in [5.74, 6) is 0. The molecule has 0 unspecified atom stereocenters. The van der Waals surface area contributed by atoms with Gasteiger partial charge in [0.15, 0.2) is 0 Å². The first kappa shape index (κ1) is 21.4. The largest absolute Gasteiger partial charge is 0.399 e. The van der Waals surface area contributed by atoms with E-state index in [-0.39, 0.29) is 0 Å². The Morgan fingerprint density at radius 1 is 0.412 bits per heavy atom. The van der Waals surface area contributed by atoms with E-state index < -0.39 is 0 Å². The van der Waals surface area contributed by atoms with E-state index in [1.54, 1.807) is 0 Å². The van der Waals surface area contributed by atoms with Gasteiger partial charge in [-0.25, -0.2) is 0 Å². The van der Waals surface area contributed by atoms with Crippen molar-refractivity contribution in [2.24, 2.45) is 0 Å². The minimum atomic E-state index is 0.772. The van der Waals surface area contributed by atoms with Gasteiger partial charge in [0.05, 0.1) is 0 Å². The molecule has 5 aromatic carbocycles. The highest BCUT2D eigenvalue weighted by molar-refractivity contribution is 5.78. The Morgan fingerprint density at radius 2 is 0.765 bits per heavy atom. The fourth-order valence-electron chi connectivity index (χ4n) is 4.13. The van der Waals surface area contributed by atoms with Crippen LogP contribution in [0.25, 0.3) is 11.1 Å². The first-order valence-corrected chi connectivity index (χ1v) is 11.4. The number of para-hydroxylation sites is 2. The van der Waals surface area contributed by atoms with Gasteiger partial charge in [-0.1, -0.05) is 60.7 Å². The van der Waals surface area contributed by atoms with Crippen LogP contribution in [0.1, 0.15) is 0 Å². The van der Waals surface area contributed by atoms with E-state index in [9.17, 15) is 0 Å². The summed E-state index contributed by atoms with van der Waals surface area (Å²) in [6, 6.07) is 46.2. The summed E-state index contributed by atoms with van der Waals surface area (Å²) in [7, 11) is 2.07. The van der Waals surface area contributed by atoms with E-state index in [0.717, 1.165) is 34.1 Å². The van der Waals surface area contributed by atoms with Gasteiger partial charge in [0.2, 0.25) is 0 Å². The molecule has 0 atom stereocenters. The van der Waals surface area contributed by atoms with Gasteiger partial charge in [-0.3, -0.25) is 0 Å². The molecule has 0 aliphatic heterocycles. The van der Waals surface area contributed by atoms with E-state index >= 15 is 0 Å². The van der Waals surface area contributed by atoms with Crippen LogP contribution >= 0.6 is 0 Å². The fraction of sp³-hybridized carbons (Fsp3) is 0.0323. The molecule has 0 radical (unpaired) electrons. The number of benzene rings is 5. The van der Waals surface area contributed by atoms with Crippen LogP contribution in [-0.2, 0) is 0 Å². The normalized spacial score (nSPS) is 10.6. The molecule has 0 heterocycles. The van der Waals surface area contributed by atoms with Crippen molar-refractivity contribution in [2.45, 2.75) is 0 Å². The number of nitrogens with zero attached hydrogens (tertiary/aromatic N) is 2. The highest BCUT2D eigenvalue weighted by atomic mass is 15.1. The number of hydrogen-bond acceptors (Lipinski definition) is 3. The van der Waals surface area contributed by atoms with Crippen molar-refractivity contribution in [3.05, 3.63) is 133 Å². The summed E-state index contributed by atoms with van der Waals surface area (Å²) in [5, 5.41) is 0. The number of nitrogens with two attached hydrogens (primary N) is 1. The predicted octanol–water partition coefficient (Wildman–Crippen LogP) is 8.17. The smallest absolute Gasteiger partial charge is 0.0462 e. The topological polar surface area (TPSA) is 32.5 Å². The molecule has 0 fully saturated rings. The van der Waals surface area contributed by atoms with Crippen molar-refractivity contribution >= 4 is 34.1 Å². The lowest BCUT2D eigenvalue weighted by Crippen LogP contribution is -2.09. The second-order valence-corrected chi connectivity index (χ2v) is 8.25. The van der Waals surface area contributed by atoms with Crippen LogP contribution in [0.4, 0.5) is 34.1 Å². The number of anilines is 6. The lowest BCUT2D eigenvalue weighted by Gasteiger charge is -2.25. The maximum atomic E-state index is 5.82. The molecule has 5 aromatic rings. The van der Waals surface area contributed by atoms with Gasteiger partial charge in [0.25, 0.3) is 0 Å². The van der Waals surface area contributed by atoms with Crippen LogP contribution in [0.3, 0.4) is 0 Å². The van der Waals surface area contributed by atoms with E-state index in [4.69, 9.17) is 5.73 Å². The molecule has 34 heavy (non-hydrogen) atoms. The van der Waals surface area contributed by atoms with Gasteiger partial charge < -0.3 is 15.5 Å². The molecule has 166 valence electrons. The molecule has 3 heteroatoms. The van der Waals surface area contributed by atoms with E-state index in [1.165, 1.54) is 11.1 Å². The summed E-state index contributed by atoms with van der Waals surface area (Å²) < 4.78 is 0. The number of rotatable bonds is 6. The standard InChI is InChI=1S/C31H27N3/c1-33(28-22-16-26(32)17-23-28)27-18-12-24(13-19-27)25-14-20-31(21-15-25)34(29-8-4-2-5-9-29)30-10-6-3-7-11-30/h2-23H,32H2,1H3. The molecule has 0 aliphatic carbocycles. The maximum absolute atomic E-state index is 5.82. The van der Waals surface area contributed by atoms with E-state index in [0.29, 0.717) is 0 Å². The summed E-state index contributed by atoms with van der Waals surface area (Å²) in [6.07, 6.45) is 0. The molecular formula is C31H27N3. The van der Waals surface area contributed by atoms with Gasteiger partial charge in [-0.05, 0) is 83.9 Å². The third kappa shape index (κ3) is 4.50. The van der Waals surface area contributed by atoms with Crippen LogP contribution in [-0.4, -0.2) is 7.05 Å². The zero-order valence-electron chi connectivity index (χ0n) is 19.2. The van der Waals surface area contributed by atoms with E-state index in [2.05, 4.69) is 114 Å². The summed E-state index contributed by atoms with van der Waals surface area (Å²) in [6.45, 7) is 0. The minimum absolute atomic E-state index is 0.772. The lowest BCUT2D eigenvalue weighted by atomic mass is 10.0. The molecule has 3 nitrogen and oxygen atoms in total. The average molecular weight is 442 g/mol. The molecule has 0 spiro atoms. The van der Waals surface area contributed by atoms with Crippen molar-refractivity contribution in [1.82, 2.24) is 0 Å². The SMILES string of the molecule is CN(c1ccc(N)cc1)c1ccc(-c2ccc(N(c3ccccc3)c3ccccc3)cc2)cc1. The molecule has 0 amide bonds. The number of nitrogen functional groups attached to an aromatic ring is 1. The molecule has 5 rings (SSSR count). The third-order valence-corrected chi connectivity index (χ3v) is 6.02. The highest BCUT2D eigenvalue weighted by Gasteiger charge is 2.12. The minimum Gasteiger partial charge on any atom is -0.399 e. The van der Waals surface area contributed by atoms with Crippen molar-refractivity contribution < 1.29 is 0 Å². The third-order valence-electron chi connectivity index (χ3n) is 6.02. The quantitative estimate of drug-likeness (QED) is 0.270. The van der Waals surface area contributed by atoms with Crippen LogP contribution in [0.2, 0.25) is 0 Å². The zero-order chi connectivity index (χ0) is 23.3. The Bertz CT molecular complexity index is 1290. The first-order valence-electron chi connectivity index (χ1n) is 11.4. The Balaban J connectivity index is 1.40. The molecule has 0 bridgehead atoms. The van der Waals surface area contributed by atoms with Gasteiger partial charge >= 0.3 is 0 Å². The molecule has 2 N–H and O–H groups in total. The average Bonchev–Trinajstić information content (AvgIpc) is 2.91. The maximum Gasteiger partial charge on any atom is 0.0462 e. The van der Waals surface area contributed by atoms with Gasteiger partial charge in [-0.2, -0.15) is 0 Å². The van der Waals surface area contributed by atoms with Gasteiger partial charge in [0, 0.05) is 41.2 Å². The fourth-order valence-corrected chi connectivity index (χ4v) is 4.13. The summed E-state index contributed by atoms with van der Waals surface area (Å²) >= 11 is 0. The van der Waals surface area contributed by atoms with Crippen LogP contribution in [0.15, 0.2) is 133 Å². The predicted molar refractivity (Wildman–Crippen MR) is 145 cm³/mol. The Morgan fingerprint density at radius 3 is 1.21 bits per heavy atom. The monoisotopic (exact) mass is 441 g/mol. The van der Waals surface area contributed by atoms with Crippen molar-refractivity contribution in [3.63, 3.8) is 0 Å². The van der Waals surface area contributed by atoms with Crippen molar-refractivity contribution in [3.8, 4) is 11.1 Å². The molecule has 0 aliphatic rings. The van der Waals surface area contributed by atoms with Crippen molar-refractivity contribution in [1.29, 1.82) is 0 Å². The first-order chi connectivity index (χ1) is 16.7. The van der Waals surface area contributed by atoms with Crippen LogP contribution in [0.5, 0.6) is 0 Å². The summed E-state index contributed by atoms with van der Waals surface area (Å²) in [4.78, 5) is 4.43. The Labute approximate surface area is 201 Å².